The van der Waals surface area contributed by atoms with Gasteiger partial charge in [-0.25, -0.2) is 0 Å². The molecule has 2 aliphatic rings. The zero-order valence-electron chi connectivity index (χ0n) is 17.5. The van der Waals surface area contributed by atoms with Gasteiger partial charge in [0.25, 0.3) is 0 Å². The Labute approximate surface area is 178 Å². The first-order valence-electron chi connectivity index (χ1n) is 10.5. The molecule has 2 heterocycles. The smallest absolute Gasteiger partial charge is 0.310 e. The first kappa shape index (κ1) is 21.9. The molecule has 2 saturated heterocycles. The topological polar surface area (TPSA) is 63.2 Å². The van der Waals surface area contributed by atoms with Crippen LogP contribution in [0, 0.1) is 5.92 Å². The predicted octanol–water partition coefficient (Wildman–Crippen LogP) is 3.24. The third kappa shape index (κ3) is 5.23. The second kappa shape index (κ2) is 10.3. The minimum atomic E-state index is -0.107. The van der Waals surface area contributed by atoms with E-state index in [2.05, 4.69) is 21.3 Å². The van der Waals surface area contributed by atoms with E-state index < -0.39 is 0 Å². The fourth-order valence-electron chi connectivity index (χ4n) is 4.40. The number of carbonyl (C=O) groups excluding carboxylic acids is 1. The lowest BCUT2D eigenvalue weighted by atomic mass is 9.74. The van der Waals surface area contributed by atoms with E-state index >= 15 is 0 Å². The van der Waals surface area contributed by atoms with Crippen LogP contribution in [0.3, 0.4) is 0 Å². The third-order valence-corrected chi connectivity index (χ3v) is 6.36. The predicted molar refractivity (Wildman–Crippen MR) is 115 cm³/mol. The van der Waals surface area contributed by atoms with Crippen molar-refractivity contribution in [3.8, 4) is 0 Å². The zero-order chi connectivity index (χ0) is 20.7. The number of aliphatic imine (C=N–C) groups is 1. The SMILES string of the molecule is CCOC(=O)C1CCCN(C(=NC)NCC2(c3ccccc3Cl)CCOCC2)C1. The maximum atomic E-state index is 12.2. The summed E-state index contributed by atoms with van der Waals surface area (Å²) in [4.78, 5) is 18.9. The van der Waals surface area contributed by atoms with E-state index in [0.29, 0.717) is 13.2 Å². The van der Waals surface area contributed by atoms with Crippen molar-refractivity contribution in [3.05, 3.63) is 34.9 Å². The van der Waals surface area contributed by atoms with Gasteiger partial charge in [-0.1, -0.05) is 29.8 Å². The normalized spacial score (nSPS) is 22.2. The largest absolute Gasteiger partial charge is 0.466 e. The molecule has 2 aliphatic heterocycles. The lowest BCUT2D eigenvalue weighted by Crippen LogP contribution is -2.52. The minimum absolute atomic E-state index is 0.0944. The molecular formula is C22H32ClN3O3. The summed E-state index contributed by atoms with van der Waals surface area (Å²) in [5.74, 6) is 0.629. The van der Waals surface area contributed by atoms with Gasteiger partial charge in [-0.3, -0.25) is 9.79 Å². The molecule has 1 atom stereocenters. The molecule has 0 radical (unpaired) electrons. The lowest BCUT2D eigenvalue weighted by Gasteiger charge is -2.40. The van der Waals surface area contributed by atoms with Crippen molar-refractivity contribution in [1.29, 1.82) is 0 Å². The van der Waals surface area contributed by atoms with Crippen molar-refractivity contribution in [1.82, 2.24) is 10.2 Å². The van der Waals surface area contributed by atoms with Crippen LogP contribution in [-0.2, 0) is 19.7 Å². The van der Waals surface area contributed by atoms with Crippen molar-refractivity contribution < 1.29 is 14.3 Å². The quantitative estimate of drug-likeness (QED) is 0.449. The molecular weight excluding hydrogens is 390 g/mol. The Bertz CT molecular complexity index is 719. The first-order chi connectivity index (χ1) is 14.1. The van der Waals surface area contributed by atoms with Crippen LogP contribution in [0.4, 0.5) is 0 Å². The number of esters is 1. The molecule has 160 valence electrons. The second-order valence-electron chi connectivity index (χ2n) is 7.81. The fraction of sp³-hybridized carbons (Fsp3) is 0.636. The minimum Gasteiger partial charge on any atom is -0.466 e. The van der Waals surface area contributed by atoms with Crippen LogP contribution >= 0.6 is 11.6 Å². The standard InChI is InChI=1S/C22H32ClN3O3/c1-3-29-20(27)17-7-6-12-26(15-17)21(24-2)25-16-22(10-13-28-14-11-22)18-8-4-5-9-19(18)23/h4-5,8-9,17H,3,6-7,10-16H2,1-2H3,(H,24,25). The number of rotatable bonds is 5. The molecule has 0 aliphatic carbocycles. The van der Waals surface area contributed by atoms with Crippen molar-refractivity contribution in [3.63, 3.8) is 0 Å². The van der Waals surface area contributed by atoms with Crippen molar-refractivity contribution in [2.75, 3.05) is 46.5 Å². The summed E-state index contributed by atoms with van der Waals surface area (Å²) in [5.41, 5.74) is 1.07. The summed E-state index contributed by atoms with van der Waals surface area (Å²) in [7, 11) is 1.79. The number of hydrogen-bond acceptors (Lipinski definition) is 4. The Morgan fingerprint density at radius 2 is 2.14 bits per heavy atom. The van der Waals surface area contributed by atoms with Crippen LogP contribution in [0.2, 0.25) is 5.02 Å². The van der Waals surface area contributed by atoms with E-state index in [4.69, 9.17) is 21.1 Å². The average molecular weight is 422 g/mol. The number of nitrogens with zero attached hydrogens (tertiary/aromatic N) is 2. The van der Waals surface area contributed by atoms with E-state index in [1.165, 1.54) is 0 Å². The van der Waals surface area contributed by atoms with E-state index in [-0.39, 0.29) is 17.3 Å². The molecule has 1 aromatic carbocycles. The molecule has 0 spiro atoms. The van der Waals surface area contributed by atoms with Crippen molar-refractivity contribution in [2.24, 2.45) is 10.9 Å². The molecule has 1 N–H and O–H groups in total. The maximum absolute atomic E-state index is 12.2. The highest BCUT2D eigenvalue weighted by Gasteiger charge is 2.37. The highest BCUT2D eigenvalue weighted by molar-refractivity contribution is 6.31. The number of ether oxygens (including phenoxy) is 2. The van der Waals surface area contributed by atoms with E-state index in [9.17, 15) is 4.79 Å². The Kier molecular flexibility index (Phi) is 7.78. The van der Waals surface area contributed by atoms with Gasteiger partial charge in [0.2, 0.25) is 0 Å². The molecule has 7 heteroatoms. The summed E-state index contributed by atoms with van der Waals surface area (Å²) < 4.78 is 10.9. The number of likely N-dealkylation sites (tertiary alicyclic amines) is 1. The van der Waals surface area contributed by atoms with E-state index in [0.717, 1.165) is 68.5 Å². The molecule has 3 rings (SSSR count). The Balaban J connectivity index is 1.71. The summed E-state index contributed by atoms with van der Waals surface area (Å²) in [6, 6.07) is 8.09. The molecule has 0 saturated carbocycles. The van der Waals surface area contributed by atoms with Gasteiger partial charge in [0, 0.05) is 50.3 Å². The number of piperidine rings is 1. The van der Waals surface area contributed by atoms with Gasteiger partial charge in [-0.2, -0.15) is 0 Å². The van der Waals surface area contributed by atoms with Crippen LogP contribution in [0.25, 0.3) is 0 Å². The van der Waals surface area contributed by atoms with Gasteiger partial charge >= 0.3 is 5.97 Å². The van der Waals surface area contributed by atoms with Gasteiger partial charge in [0.1, 0.15) is 0 Å². The summed E-state index contributed by atoms with van der Waals surface area (Å²) >= 11 is 6.57. The van der Waals surface area contributed by atoms with Crippen LogP contribution in [0.5, 0.6) is 0 Å². The summed E-state index contributed by atoms with van der Waals surface area (Å²) in [6.45, 7) is 5.97. The average Bonchev–Trinajstić information content (AvgIpc) is 2.75. The highest BCUT2D eigenvalue weighted by atomic mass is 35.5. The molecule has 0 bridgehead atoms. The third-order valence-electron chi connectivity index (χ3n) is 6.03. The van der Waals surface area contributed by atoms with Crippen LogP contribution in [0.15, 0.2) is 29.3 Å². The van der Waals surface area contributed by atoms with Crippen molar-refractivity contribution in [2.45, 2.75) is 38.0 Å². The molecule has 0 amide bonds. The number of carbonyl (C=O) groups is 1. The molecule has 0 aromatic heterocycles. The van der Waals surface area contributed by atoms with E-state index in [1.807, 2.05) is 25.1 Å². The summed E-state index contributed by atoms with van der Waals surface area (Å²) in [6.07, 6.45) is 3.64. The Hall–Kier alpha value is -1.79. The van der Waals surface area contributed by atoms with Crippen molar-refractivity contribution >= 4 is 23.5 Å². The molecule has 6 nitrogen and oxygen atoms in total. The Morgan fingerprint density at radius 3 is 2.83 bits per heavy atom. The van der Waals surface area contributed by atoms with Gasteiger partial charge in [-0.15, -0.1) is 0 Å². The first-order valence-corrected chi connectivity index (χ1v) is 10.9. The van der Waals surface area contributed by atoms with Gasteiger partial charge < -0.3 is 19.7 Å². The highest BCUT2D eigenvalue weighted by Crippen LogP contribution is 2.38. The van der Waals surface area contributed by atoms with Gasteiger partial charge in [0.15, 0.2) is 5.96 Å². The number of benzene rings is 1. The number of nitrogens with one attached hydrogen (secondary N) is 1. The lowest BCUT2D eigenvalue weighted by molar-refractivity contribution is -0.149. The zero-order valence-corrected chi connectivity index (χ0v) is 18.2. The van der Waals surface area contributed by atoms with Gasteiger partial charge in [0.05, 0.1) is 12.5 Å². The number of guanidine groups is 1. The van der Waals surface area contributed by atoms with Crippen LogP contribution in [0.1, 0.15) is 38.2 Å². The van der Waals surface area contributed by atoms with E-state index in [1.54, 1.807) is 7.05 Å². The number of halogens is 1. The van der Waals surface area contributed by atoms with Gasteiger partial charge in [-0.05, 0) is 44.2 Å². The molecule has 2 fully saturated rings. The van der Waals surface area contributed by atoms with Crippen LogP contribution < -0.4 is 5.32 Å². The van der Waals surface area contributed by atoms with Crippen LogP contribution in [-0.4, -0.2) is 63.3 Å². The second-order valence-corrected chi connectivity index (χ2v) is 8.22. The molecule has 1 aromatic rings. The molecule has 1 unspecified atom stereocenters. The Morgan fingerprint density at radius 1 is 1.38 bits per heavy atom. The molecule has 29 heavy (non-hydrogen) atoms. The summed E-state index contributed by atoms with van der Waals surface area (Å²) in [5, 5.41) is 4.37. The number of hydrogen-bond donors (Lipinski definition) is 1. The fourth-order valence-corrected chi connectivity index (χ4v) is 4.73. The monoisotopic (exact) mass is 421 g/mol. The maximum Gasteiger partial charge on any atom is 0.310 e.